The molecule has 0 amide bonds. The summed E-state index contributed by atoms with van der Waals surface area (Å²) in [6.07, 6.45) is 0. The molecule has 0 spiro atoms. The van der Waals surface area contributed by atoms with Crippen LogP contribution in [0.15, 0.2) is 33.6 Å². The van der Waals surface area contributed by atoms with E-state index in [2.05, 4.69) is 15.9 Å². The maximum atomic E-state index is 7.84. The summed E-state index contributed by atoms with van der Waals surface area (Å²) in [7, 11) is 0. The van der Waals surface area contributed by atoms with Gasteiger partial charge in [0.2, 0.25) is 0 Å². The number of rotatable bonds is 2. The second-order valence-corrected chi connectivity index (χ2v) is 3.88. The summed E-state index contributed by atoms with van der Waals surface area (Å²) in [6, 6.07) is 6.49. The molecular formula is C9H11BrS. The summed E-state index contributed by atoms with van der Waals surface area (Å²) in [6.45, 7) is -5.81. The first kappa shape index (κ1) is 3.43. The SMILES string of the molecule is [2H]C([2H])([2H])C([2H])(Sc1ccc(Br)cc1)C([2H])([2H])[2H]. The molecule has 0 radical (unpaired) electrons. The quantitative estimate of drug-likeness (QED) is 0.703. The minimum absolute atomic E-state index is 0.431. The van der Waals surface area contributed by atoms with Gasteiger partial charge < -0.3 is 0 Å². The Balaban J connectivity index is 3.12. The minimum atomic E-state index is -2.91. The van der Waals surface area contributed by atoms with Gasteiger partial charge in [0.15, 0.2) is 0 Å². The van der Waals surface area contributed by atoms with Gasteiger partial charge in [-0.2, -0.15) is 0 Å². The molecule has 0 saturated heterocycles. The van der Waals surface area contributed by atoms with Crippen LogP contribution in [-0.2, 0) is 0 Å². The molecule has 0 aliphatic carbocycles. The molecule has 60 valence electrons. The van der Waals surface area contributed by atoms with Gasteiger partial charge in [0.1, 0.15) is 0 Å². The van der Waals surface area contributed by atoms with Gasteiger partial charge in [-0.15, -0.1) is 11.8 Å². The summed E-state index contributed by atoms with van der Waals surface area (Å²) in [5.74, 6) is 0. The lowest BCUT2D eigenvalue weighted by atomic mass is 10.4. The lowest BCUT2D eigenvalue weighted by Crippen LogP contribution is -1.84. The summed E-state index contributed by atoms with van der Waals surface area (Å²) in [4.78, 5) is 0.431. The average Bonchev–Trinajstić information content (AvgIpc) is 2.18. The average molecular weight is 238 g/mol. The molecule has 11 heavy (non-hydrogen) atoms. The maximum absolute atomic E-state index is 7.84. The fraction of sp³-hybridized carbons (Fsp3) is 0.333. The van der Waals surface area contributed by atoms with Crippen molar-refractivity contribution in [2.45, 2.75) is 23.8 Å². The molecule has 0 bridgehead atoms. The molecule has 0 N–H and O–H groups in total. The summed E-state index contributed by atoms with van der Waals surface area (Å²) in [5.41, 5.74) is 0. The number of halogens is 1. The Hall–Kier alpha value is 0.0500. The molecule has 0 fully saturated rings. The molecule has 0 nitrogen and oxygen atoms in total. The van der Waals surface area contributed by atoms with E-state index in [9.17, 15) is 0 Å². The van der Waals surface area contributed by atoms with Gasteiger partial charge in [-0.05, 0) is 24.3 Å². The van der Waals surface area contributed by atoms with Crippen molar-refractivity contribution in [3.05, 3.63) is 28.7 Å². The van der Waals surface area contributed by atoms with Gasteiger partial charge in [0.05, 0.1) is 0 Å². The van der Waals surface area contributed by atoms with E-state index in [4.69, 9.17) is 9.60 Å². The molecule has 0 saturated carbocycles. The molecule has 1 aromatic rings. The van der Waals surface area contributed by atoms with Crippen LogP contribution in [0.2, 0.25) is 0 Å². The van der Waals surface area contributed by atoms with Crippen molar-refractivity contribution in [3.63, 3.8) is 0 Å². The highest BCUT2D eigenvalue weighted by atomic mass is 79.9. The van der Waals surface area contributed by atoms with Crippen molar-refractivity contribution in [2.75, 3.05) is 0 Å². The van der Waals surface area contributed by atoms with Crippen LogP contribution >= 0.6 is 27.7 Å². The first-order valence-corrected chi connectivity index (χ1v) is 4.53. The standard InChI is InChI=1S/C9H11BrS/c1-7(2)11-9-5-3-8(10)4-6-9/h3-7H,1-2H3/i1D3,2D3,7D. The van der Waals surface area contributed by atoms with Gasteiger partial charge in [0, 0.05) is 24.2 Å². The molecule has 0 unspecified atom stereocenters. The van der Waals surface area contributed by atoms with Gasteiger partial charge in [-0.25, -0.2) is 0 Å². The van der Waals surface area contributed by atoms with E-state index in [1.165, 1.54) is 0 Å². The van der Waals surface area contributed by atoms with Crippen molar-refractivity contribution in [3.8, 4) is 0 Å². The third-order valence-corrected chi connectivity index (χ3v) is 2.27. The van der Waals surface area contributed by atoms with Crippen molar-refractivity contribution in [1.29, 1.82) is 0 Å². The van der Waals surface area contributed by atoms with E-state index in [-0.39, 0.29) is 0 Å². The Morgan fingerprint density at radius 1 is 1.45 bits per heavy atom. The number of hydrogen-bond donors (Lipinski definition) is 0. The zero-order chi connectivity index (χ0) is 14.2. The first-order chi connectivity index (χ1) is 7.97. The number of benzene rings is 1. The van der Waals surface area contributed by atoms with Crippen LogP contribution in [-0.4, -0.2) is 5.23 Å². The second-order valence-electron chi connectivity index (χ2n) is 1.89. The molecular weight excluding hydrogens is 220 g/mol. The largest absolute Gasteiger partial charge is 0.123 e. The van der Waals surface area contributed by atoms with E-state index in [0.717, 1.165) is 4.47 Å². The van der Waals surface area contributed by atoms with Gasteiger partial charge in [-0.3, -0.25) is 0 Å². The Morgan fingerprint density at radius 2 is 2.09 bits per heavy atom. The van der Waals surface area contributed by atoms with Crippen LogP contribution in [0.3, 0.4) is 0 Å². The van der Waals surface area contributed by atoms with Gasteiger partial charge in [-0.1, -0.05) is 29.6 Å². The van der Waals surface area contributed by atoms with Crippen LogP contribution in [0, 0.1) is 0 Å². The highest BCUT2D eigenvalue weighted by Gasteiger charge is 1.96. The van der Waals surface area contributed by atoms with Crippen LogP contribution in [0.4, 0.5) is 0 Å². The summed E-state index contributed by atoms with van der Waals surface area (Å²) in [5, 5.41) is -2.58. The van der Waals surface area contributed by atoms with E-state index in [1.54, 1.807) is 24.3 Å². The Morgan fingerprint density at radius 3 is 2.64 bits per heavy atom. The predicted octanol–water partition coefficient (Wildman–Crippen LogP) is 3.95. The Bertz CT molecular complexity index is 394. The van der Waals surface area contributed by atoms with Crippen molar-refractivity contribution < 1.29 is 9.60 Å². The Kier molecular flexibility index (Phi) is 1.30. The summed E-state index contributed by atoms with van der Waals surface area (Å²) >= 11 is 3.76. The topological polar surface area (TPSA) is 0 Å². The normalized spacial score (nSPS) is 23.2. The zero-order valence-corrected chi connectivity index (χ0v) is 8.00. The lowest BCUT2D eigenvalue weighted by Gasteiger charge is -2.03. The van der Waals surface area contributed by atoms with E-state index in [1.807, 2.05) is 0 Å². The van der Waals surface area contributed by atoms with E-state index < -0.39 is 18.9 Å². The highest BCUT2D eigenvalue weighted by Crippen LogP contribution is 2.23. The minimum Gasteiger partial charge on any atom is -0.123 e. The third kappa shape index (κ3) is 3.30. The van der Waals surface area contributed by atoms with Crippen LogP contribution in [0.25, 0.3) is 0 Å². The molecule has 1 aromatic carbocycles. The predicted molar refractivity (Wildman–Crippen MR) is 55.1 cm³/mol. The second kappa shape index (κ2) is 4.17. The first-order valence-electron chi connectivity index (χ1n) is 6.42. The Labute approximate surface area is 90.4 Å². The molecule has 2 heteroatoms. The molecule has 0 aliphatic heterocycles. The maximum Gasteiger partial charge on any atom is 0.0415 e. The molecule has 1 rings (SSSR count). The third-order valence-electron chi connectivity index (χ3n) is 1.03. The fourth-order valence-corrected chi connectivity index (χ4v) is 1.39. The van der Waals surface area contributed by atoms with Crippen molar-refractivity contribution in [2.24, 2.45) is 0 Å². The fourth-order valence-electron chi connectivity index (χ4n) is 0.620. The lowest BCUT2D eigenvalue weighted by molar-refractivity contribution is 1.11. The number of thioether (sulfide) groups is 1. The zero-order valence-electron chi connectivity index (χ0n) is 12.6. The molecule has 0 heterocycles. The summed E-state index contributed by atoms with van der Waals surface area (Å²) < 4.78 is 52.4. The van der Waals surface area contributed by atoms with Crippen molar-refractivity contribution in [1.82, 2.24) is 0 Å². The van der Waals surface area contributed by atoms with Crippen molar-refractivity contribution >= 4 is 27.7 Å². The van der Waals surface area contributed by atoms with Crippen LogP contribution in [0.1, 0.15) is 23.3 Å². The van der Waals surface area contributed by atoms with Crippen LogP contribution in [0.5, 0.6) is 0 Å². The highest BCUT2D eigenvalue weighted by molar-refractivity contribution is 9.10. The molecule has 0 aromatic heterocycles. The monoisotopic (exact) mass is 237 g/mol. The van der Waals surface area contributed by atoms with Crippen LogP contribution < -0.4 is 0 Å². The molecule has 0 atom stereocenters. The van der Waals surface area contributed by atoms with Gasteiger partial charge >= 0.3 is 0 Å². The smallest absolute Gasteiger partial charge is 0.0415 e. The molecule has 0 aliphatic rings. The van der Waals surface area contributed by atoms with E-state index in [0.29, 0.717) is 16.7 Å². The number of hydrogen-bond acceptors (Lipinski definition) is 1. The van der Waals surface area contributed by atoms with Gasteiger partial charge in [0.25, 0.3) is 0 Å². The van der Waals surface area contributed by atoms with E-state index >= 15 is 0 Å².